The second kappa shape index (κ2) is 3.28. The van der Waals surface area contributed by atoms with E-state index in [-0.39, 0.29) is 5.92 Å². The Hall–Kier alpha value is -1.18. The first-order chi connectivity index (χ1) is 5.25. The van der Waals surface area contributed by atoms with Crippen LogP contribution in [-0.2, 0) is 4.79 Å². The lowest BCUT2D eigenvalue weighted by Gasteiger charge is -2.05. The van der Waals surface area contributed by atoms with E-state index in [1.165, 1.54) is 0 Å². The topological polar surface area (TPSA) is 30.0 Å². The Bertz CT molecular complexity index is 257. The van der Waals surface area contributed by atoms with Gasteiger partial charge in [0.25, 0.3) is 0 Å². The summed E-state index contributed by atoms with van der Waals surface area (Å²) in [6, 6.07) is 3.78. The number of nitrogens with zero attached hydrogens (tertiary/aromatic N) is 1. The number of aryl methyl sites for hydroxylation is 1. The van der Waals surface area contributed by atoms with Crippen LogP contribution in [0, 0.1) is 6.92 Å². The Balaban J connectivity index is 3.02. The van der Waals surface area contributed by atoms with Crippen LogP contribution in [0.4, 0.5) is 0 Å². The second-order valence-electron chi connectivity index (χ2n) is 2.60. The third-order valence-electron chi connectivity index (χ3n) is 1.74. The van der Waals surface area contributed by atoms with Crippen molar-refractivity contribution >= 4 is 6.29 Å². The first kappa shape index (κ1) is 7.92. The summed E-state index contributed by atoms with van der Waals surface area (Å²) in [5.41, 5.74) is 1.95. The molecule has 0 bridgehead atoms. The molecule has 1 atom stereocenters. The largest absolute Gasteiger partial charge is 0.303 e. The van der Waals surface area contributed by atoms with Crippen molar-refractivity contribution < 1.29 is 4.79 Å². The van der Waals surface area contributed by atoms with Crippen molar-refractivity contribution in [3.63, 3.8) is 0 Å². The van der Waals surface area contributed by atoms with Crippen LogP contribution in [0.2, 0.25) is 0 Å². The minimum Gasteiger partial charge on any atom is -0.303 e. The Morgan fingerprint density at radius 1 is 1.64 bits per heavy atom. The standard InChI is InChI=1S/C9H11NO/c1-7(6-11)9-4-3-5-10-8(9)2/h3-7H,1-2H3. The van der Waals surface area contributed by atoms with Gasteiger partial charge in [-0.2, -0.15) is 0 Å². The Morgan fingerprint density at radius 2 is 2.36 bits per heavy atom. The van der Waals surface area contributed by atoms with E-state index in [0.29, 0.717) is 0 Å². The fourth-order valence-electron chi connectivity index (χ4n) is 1.05. The number of carbonyl (C=O) groups is 1. The van der Waals surface area contributed by atoms with E-state index in [2.05, 4.69) is 4.98 Å². The van der Waals surface area contributed by atoms with Gasteiger partial charge in [0.15, 0.2) is 0 Å². The minimum atomic E-state index is -0.0382. The number of hydrogen-bond donors (Lipinski definition) is 0. The van der Waals surface area contributed by atoms with Gasteiger partial charge in [0.1, 0.15) is 6.29 Å². The van der Waals surface area contributed by atoms with Crippen LogP contribution in [0.3, 0.4) is 0 Å². The SMILES string of the molecule is Cc1ncccc1C(C)C=O. The molecule has 0 aliphatic rings. The average Bonchev–Trinajstić information content (AvgIpc) is 2.04. The highest BCUT2D eigenvalue weighted by atomic mass is 16.1. The third kappa shape index (κ3) is 1.64. The first-order valence-electron chi connectivity index (χ1n) is 3.62. The lowest BCUT2D eigenvalue weighted by atomic mass is 10.0. The predicted molar refractivity (Wildman–Crippen MR) is 43.5 cm³/mol. The van der Waals surface area contributed by atoms with E-state index >= 15 is 0 Å². The lowest BCUT2D eigenvalue weighted by Crippen LogP contribution is -1.98. The summed E-state index contributed by atoms with van der Waals surface area (Å²) in [5, 5.41) is 0. The summed E-state index contributed by atoms with van der Waals surface area (Å²) in [4.78, 5) is 14.5. The van der Waals surface area contributed by atoms with E-state index in [0.717, 1.165) is 17.5 Å². The molecule has 1 rings (SSSR count). The average molecular weight is 149 g/mol. The molecule has 1 aromatic rings. The molecule has 2 heteroatoms. The lowest BCUT2D eigenvalue weighted by molar-refractivity contribution is -0.108. The molecule has 1 unspecified atom stereocenters. The zero-order valence-corrected chi connectivity index (χ0v) is 6.74. The van der Waals surface area contributed by atoms with Gasteiger partial charge in [-0.05, 0) is 18.6 Å². The molecule has 0 saturated carbocycles. The summed E-state index contributed by atoms with van der Waals surface area (Å²) in [7, 11) is 0. The molecule has 0 radical (unpaired) electrons. The molecule has 58 valence electrons. The van der Waals surface area contributed by atoms with E-state index in [9.17, 15) is 4.79 Å². The number of aldehydes is 1. The normalized spacial score (nSPS) is 12.5. The Kier molecular flexibility index (Phi) is 2.36. The second-order valence-corrected chi connectivity index (χ2v) is 2.60. The number of rotatable bonds is 2. The molecule has 0 spiro atoms. The summed E-state index contributed by atoms with van der Waals surface area (Å²) in [6.45, 7) is 3.78. The maximum atomic E-state index is 10.4. The van der Waals surface area contributed by atoms with Crippen LogP contribution in [0.25, 0.3) is 0 Å². The summed E-state index contributed by atoms with van der Waals surface area (Å²) >= 11 is 0. The monoisotopic (exact) mass is 149 g/mol. The van der Waals surface area contributed by atoms with Gasteiger partial charge >= 0.3 is 0 Å². The molecule has 0 amide bonds. The fraction of sp³-hybridized carbons (Fsp3) is 0.333. The van der Waals surface area contributed by atoms with Crippen LogP contribution in [0.1, 0.15) is 24.1 Å². The van der Waals surface area contributed by atoms with Crippen molar-refractivity contribution in [2.45, 2.75) is 19.8 Å². The summed E-state index contributed by atoms with van der Waals surface area (Å²) in [5.74, 6) is -0.0382. The van der Waals surface area contributed by atoms with E-state index < -0.39 is 0 Å². The van der Waals surface area contributed by atoms with Crippen molar-refractivity contribution in [2.75, 3.05) is 0 Å². The highest BCUT2D eigenvalue weighted by Crippen LogP contribution is 2.14. The first-order valence-corrected chi connectivity index (χ1v) is 3.62. The van der Waals surface area contributed by atoms with Crippen LogP contribution in [0.5, 0.6) is 0 Å². The van der Waals surface area contributed by atoms with Gasteiger partial charge in [-0.3, -0.25) is 4.98 Å². The molecule has 0 aliphatic carbocycles. The molecule has 0 N–H and O–H groups in total. The smallest absolute Gasteiger partial charge is 0.127 e. The van der Waals surface area contributed by atoms with Gasteiger partial charge in [0.05, 0.1) is 0 Å². The van der Waals surface area contributed by atoms with E-state index in [4.69, 9.17) is 0 Å². The van der Waals surface area contributed by atoms with Crippen molar-refractivity contribution in [1.29, 1.82) is 0 Å². The van der Waals surface area contributed by atoms with Gasteiger partial charge in [-0.15, -0.1) is 0 Å². The molecule has 0 fully saturated rings. The molecule has 1 heterocycles. The van der Waals surface area contributed by atoms with Crippen molar-refractivity contribution in [3.05, 3.63) is 29.6 Å². The maximum absolute atomic E-state index is 10.4. The van der Waals surface area contributed by atoms with Gasteiger partial charge in [-0.25, -0.2) is 0 Å². The highest BCUT2D eigenvalue weighted by molar-refractivity contribution is 5.61. The highest BCUT2D eigenvalue weighted by Gasteiger charge is 2.05. The molecule has 1 aromatic heterocycles. The van der Waals surface area contributed by atoms with Crippen LogP contribution in [-0.4, -0.2) is 11.3 Å². The quantitative estimate of drug-likeness (QED) is 0.599. The molecule has 0 aliphatic heterocycles. The van der Waals surface area contributed by atoms with Gasteiger partial charge in [-0.1, -0.05) is 13.0 Å². The number of aromatic nitrogens is 1. The zero-order valence-electron chi connectivity index (χ0n) is 6.74. The van der Waals surface area contributed by atoms with Crippen molar-refractivity contribution in [3.8, 4) is 0 Å². The van der Waals surface area contributed by atoms with Gasteiger partial charge < -0.3 is 4.79 Å². The third-order valence-corrected chi connectivity index (χ3v) is 1.74. The van der Waals surface area contributed by atoms with Gasteiger partial charge in [0.2, 0.25) is 0 Å². The molecular formula is C9H11NO. The Labute approximate surface area is 66.3 Å². The molecular weight excluding hydrogens is 138 g/mol. The minimum absolute atomic E-state index is 0.0382. The maximum Gasteiger partial charge on any atom is 0.127 e. The number of pyridine rings is 1. The van der Waals surface area contributed by atoms with E-state index in [1.54, 1.807) is 6.20 Å². The number of hydrogen-bond acceptors (Lipinski definition) is 2. The molecule has 0 saturated heterocycles. The van der Waals surface area contributed by atoms with Gasteiger partial charge in [0, 0.05) is 17.8 Å². The summed E-state index contributed by atoms with van der Waals surface area (Å²) < 4.78 is 0. The zero-order chi connectivity index (χ0) is 8.27. The molecule has 2 nitrogen and oxygen atoms in total. The summed E-state index contributed by atoms with van der Waals surface area (Å²) in [6.07, 6.45) is 2.67. The van der Waals surface area contributed by atoms with Crippen molar-refractivity contribution in [1.82, 2.24) is 4.98 Å². The van der Waals surface area contributed by atoms with Crippen LogP contribution in [0.15, 0.2) is 18.3 Å². The molecule has 0 aromatic carbocycles. The van der Waals surface area contributed by atoms with Crippen LogP contribution < -0.4 is 0 Å². The fourth-order valence-corrected chi connectivity index (χ4v) is 1.05. The molecule has 11 heavy (non-hydrogen) atoms. The van der Waals surface area contributed by atoms with Crippen molar-refractivity contribution in [2.24, 2.45) is 0 Å². The number of carbonyl (C=O) groups excluding carboxylic acids is 1. The predicted octanol–water partition coefficient (Wildman–Crippen LogP) is 1.69. The van der Waals surface area contributed by atoms with E-state index in [1.807, 2.05) is 26.0 Å². The Morgan fingerprint density at radius 3 is 2.91 bits per heavy atom. The van der Waals surface area contributed by atoms with Crippen LogP contribution >= 0.6 is 0 Å².